The lowest BCUT2D eigenvalue weighted by atomic mass is 9.94. The third-order valence-electron chi connectivity index (χ3n) is 5.19. The van der Waals surface area contributed by atoms with Gasteiger partial charge in [-0.2, -0.15) is 10.1 Å². The molecule has 142 valence electrons. The molecule has 1 aliphatic rings. The number of likely N-dealkylation sites (tertiary alicyclic amines) is 1. The molecule has 0 amide bonds. The lowest BCUT2D eigenvalue weighted by Crippen LogP contribution is -2.32. The number of aryl methyl sites for hydroxylation is 2. The highest BCUT2D eigenvalue weighted by atomic mass is 16.5. The van der Waals surface area contributed by atoms with Crippen molar-refractivity contribution in [3.63, 3.8) is 0 Å². The van der Waals surface area contributed by atoms with Crippen molar-refractivity contribution >= 4 is 5.82 Å². The summed E-state index contributed by atoms with van der Waals surface area (Å²) in [5.74, 6) is 2.69. The normalized spacial score (nSPS) is 18.1. The van der Waals surface area contributed by atoms with E-state index in [0.717, 1.165) is 35.7 Å². The molecule has 0 bridgehead atoms. The van der Waals surface area contributed by atoms with Crippen LogP contribution < -0.4 is 5.73 Å². The zero-order valence-electron chi connectivity index (χ0n) is 15.9. The zero-order chi connectivity index (χ0) is 18.8. The Balaban J connectivity index is 1.41. The van der Waals surface area contributed by atoms with Gasteiger partial charge in [0.15, 0.2) is 0 Å². The van der Waals surface area contributed by atoms with Gasteiger partial charge in [0, 0.05) is 24.6 Å². The largest absolute Gasteiger partial charge is 0.384 e. The molecule has 1 saturated heterocycles. The van der Waals surface area contributed by atoms with Crippen molar-refractivity contribution in [2.75, 3.05) is 25.9 Å². The molecule has 3 aromatic rings. The standard InChI is InChI=1S/C20H26N6O/c1-14-12-18(21)26(23-14)17-8-6-16(7-9-17)20-22-19(27-24-20)10-5-15-4-3-11-25(2)13-15/h6-9,12,15H,3-5,10-11,13,21H2,1-2H3. The highest BCUT2D eigenvalue weighted by molar-refractivity contribution is 5.57. The summed E-state index contributed by atoms with van der Waals surface area (Å²) in [6, 6.07) is 9.72. The van der Waals surface area contributed by atoms with Gasteiger partial charge in [-0.3, -0.25) is 0 Å². The molecule has 7 heteroatoms. The van der Waals surface area contributed by atoms with Gasteiger partial charge in [0.05, 0.1) is 11.4 Å². The van der Waals surface area contributed by atoms with Crippen LogP contribution in [0.15, 0.2) is 34.9 Å². The van der Waals surface area contributed by atoms with Crippen molar-refractivity contribution in [3.8, 4) is 17.1 Å². The lowest BCUT2D eigenvalue weighted by molar-refractivity contribution is 0.199. The SMILES string of the molecule is Cc1cc(N)n(-c2ccc(-c3noc(CCC4CCCN(C)C4)n3)cc2)n1. The van der Waals surface area contributed by atoms with E-state index in [0.29, 0.717) is 17.5 Å². The number of benzene rings is 1. The van der Waals surface area contributed by atoms with Crippen molar-refractivity contribution in [3.05, 3.63) is 41.9 Å². The number of piperidine rings is 1. The van der Waals surface area contributed by atoms with Gasteiger partial charge in [0.25, 0.3) is 0 Å². The summed E-state index contributed by atoms with van der Waals surface area (Å²) in [4.78, 5) is 6.98. The van der Waals surface area contributed by atoms with Gasteiger partial charge in [0.2, 0.25) is 11.7 Å². The molecule has 3 heterocycles. The van der Waals surface area contributed by atoms with Crippen LogP contribution in [-0.2, 0) is 6.42 Å². The van der Waals surface area contributed by atoms with Gasteiger partial charge in [-0.15, -0.1) is 0 Å². The van der Waals surface area contributed by atoms with Crippen LogP contribution in [0.3, 0.4) is 0 Å². The minimum Gasteiger partial charge on any atom is -0.384 e. The van der Waals surface area contributed by atoms with Gasteiger partial charge >= 0.3 is 0 Å². The van der Waals surface area contributed by atoms with E-state index in [1.54, 1.807) is 4.68 Å². The first-order valence-electron chi connectivity index (χ1n) is 9.52. The fraction of sp³-hybridized carbons (Fsp3) is 0.450. The Labute approximate surface area is 159 Å². The Morgan fingerprint density at radius 3 is 2.78 bits per heavy atom. The number of anilines is 1. The second-order valence-electron chi connectivity index (χ2n) is 7.49. The molecule has 0 spiro atoms. The van der Waals surface area contributed by atoms with E-state index in [-0.39, 0.29) is 0 Å². The number of nitrogens with two attached hydrogens (primary N) is 1. The topological polar surface area (TPSA) is 86.0 Å². The van der Waals surface area contributed by atoms with Crippen molar-refractivity contribution in [2.45, 2.75) is 32.6 Å². The molecular formula is C20H26N6O. The third kappa shape index (κ3) is 4.03. The summed E-state index contributed by atoms with van der Waals surface area (Å²) >= 11 is 0. The molecule has 7 nitrogen and oxygen atoms in total. The van der Waals surface area contributed by atoms with Gasteiger partial charge in [-0.05, 0) is 70.0 Å². The fourth-order valence-electron chi connectivity index (χ4n) is 3.79. The number of aromatic nitrogens is 4. The first kappa shape index (κ1) is 17.7. The maximum absolute atomic E-state index is 5.99. The predicted octanol–water partition coefficient (Wildman–Crippen LogP) is 3.09. The van der Waals surface area contributed by atoms with E-state index < -0.39 is 0 Å². The van der Waals surface area contributed by atoms with E-state index in [1.807, 2.05) is 37.3 Å². The molecule has 27 heavy (non-hydrogen) atoms. The minimum absolute atomic E-state index is 0.621. The first-order chi connectivity index (χ1) is 13.1. The highest BCUT2D eigenvalue weighted by Gasteiger charge is 2.18. The Morgan fingerprint density at radius 2 is 2.07 bits per heavy atom. The quantitative estimate of drug-likeness (QED) is 0.747. The summed E-state index contributed by atoms with van der Waals surface area (Å²) in [5.41, 5.74) is 8.72. The lowest BCUT2D eigenvalue weighted by Gasteiger charge is -2.29. The molecule has 1 atom stereocenters. The number of rotatable bonds is 5. The van der Waals surface area contributed by atoms with Crippen molar-refractivity contribution in [1.82, 2.24) is 24.8 Å². The molecular weight excluding hydrogens is 340 g/mol. The molecule has 1 aromatic carbocycles. The Kier molecular flexibility index (Phi) is 4.94. The molecule has 1 aliphatic heterocycles. The van der Waals surface area contributed by atoms with Crippen LogP contribution in [0.1, 0.15) is 30.8 Å². The van der Waals surface area contributed by atoms with Gasteiger partial charge < -0.3 is 15.2 Å². The maximum Gasteiger partial charge on any atom is 0.226 e. The predicted molar refractivity (Wildman–Crippen MR) is 105 cm³/mol. The molecule has 1 unspecified atom stereocenters. The third-order valence-corrected chi connectivity index (χ3v) is 5.19. The molecule has 2 aromatic heterocycles. The van der Waals surface area contributed by atoms with Crippen LogP contribution in [0.2, 0.25) is 0 Å². The molecule has 0 saturated carbocycles. The summed E-state index contributed by atoms with van der Waals surface area (Å²) in [7, 11) is 2.19. The van der Waals surface area contributed by atoms with E-state index in [1.165, 1.54) is 25.9 Å². The average Bonchev–Trinajstić information content (AvgIpc) is 3.26. The zero-order valence-corrected chi connectivity index (χ0v) is 15.9. The number of hydrogen-bond acceptors (Lipinski definition) is 6. The molecule has 2 N–H and O–H groups in total. The van der Waals surface area contributed by atoms with E-state index >= 15 is 0 Å². The van der Waals surface area contributed by atoms with Gasteiger partial charge in [-0.25, -0.2) is 4.68 Å². The van der Waals surface area contributed by atoms with E-state index in [4.69, 9.17) is 10.3 Å². The molecule has 4 rings (SSSR count). The maximum atomic E-state index is 5.99. The summed E-state index contributed by atoms with van der Waals surface area (Å²) in [6.07, 6.45) is 4.52. The van der Waals surface area contributed by atoms with E-state index in [9.17, 15) is 0 Å². The van der Waals surface area contributed by atoms with Crippen molar-refractivity contribution < 1.29 is 4.52 Å². The Bertz CT molecular complexity index is 898. The highest BCUT2D eigenvalue weighted by Crippen LogP contribution is 2.23. The van der Waals surface area contributed by atoms with Gasteiger partial charge in [-0.1, -0.05) is 5.16 Å². The number of nitrogen functional groups attached to an aromatic ring is 1. The molecule has 0 radical (unpaired) electrons. The van der Waals surface area contributed by atoms with E-state index in [2.05, 4.69) is 27.2 Å². The van der Waals surface area contributed by atoms with Crippen LogP contribution in [0.25, 0.3) is 17.1 Å². The van der Waals surface area contributed by atoms with Gasteiger partial charge in [0.1, 0.15) is 5.82 Å². The summed E-state index contributed by atoms with van der Waals surface area (Å²) < 4.78 is 7.19. The Morgan fingerprint density at radius 1 is 1.26 bits per heavy atom. The fourth-order valence-corrected chi connectivity index (χ4v) is 3.79. The van der Waals surface area contributed by atoms with Crippen LogP contribution >= 0.6 is 0 Å². The summed E-state index contributed by atoms with van der Waals surface area (Å²) in [6.45, 7) is 4.30. The van der Waals surface area contributed by atoms with Crippen molar-refractivity contribution in [2.24, 2.45) is 5.92 Å². The smallest absolute Gasteiger partial charge is 0.226 e. The molecule has 1 fully saturated rings. The summed E-state index contributed by atoms with van der Waals surface area (Å²) in [5, 5.41) is 8.55. The first-order valence-corrected chi connectivity index (χ1v) is 9.52. The molecule has 0 aliphatic carbocycles. The Hall–Kier alpha value is -2.67. The second kappa shape index (κ2) is 7.52. The average molecular weight is 366 g/mol. The van der Waals surface area contributed by atoms with Crippen LogP contribution in [0.5, 0.6) is 0 Å². The minimum atomic E-state index is 0.621. The monoisotopic (exact) mass is 366 g/mol. The number of hydrogen-bond donors (Lipinski definition) is 1. The second-order valence-corrected chi connectivity index (χ2v) is 7.49. The van der Waals surface area contributed by atoms with Crippen LogP contribution in [0.4, 0.5) is 5.82 Å². The van der Waals surface area contributed by atoms with Crippen molar-refractivity contribution in [1.29, 1.82) is 0 Å². The van der Waals surface area contributed by atoms with Crippen LogP contribution in [-0.4, -0.2) is 45.0 Å². The van der Waals surface area contributed by atoms with Crippen LogP contribution in [0, 0.1) is 12.8 Å². The number of nitrogens with zero attached hydrogens (tertiary/aromatic N) is 5.